The van der Waals surface area contributed by atoms with Crippen molar-refractivity contribution in [2.24, 2.45) is 0 Å². The quantitative estimate of drug-likeness (QED) is 0.523. The van der Waals surface area contributed by atoms with Crippen molar-refractivity contribution in [1.82, 2.24) is 10.6 Å². The Morgan fingerprint density at radius 1 is 1.42 bits per heavy atom. The van der Waals surface area contributed by atoms with E-state index in [4.69, 9.17) is 4.74 Å². The minimum Gasteiger partial charge on any atom is -0.380 e. The second-order valence-corrected chi connectivity index (χ2v) is 2.37. The molecule has 0 aliphatic rings. The van der Waals surface area contributed by atoms with Crippen LogP contribution in [-0.2, 0) is 9.53 Å². The van der Waals surface area contributed by atoms with Crippen molar-refractivity contribution >= 4 is 5.91 Å². The van der Waals surface area contributed by atoms with E-state index in [1.165, 1.54) is 0 Å². The predicted octanol–water partition coefficient (Wildman–Crippen LogP) is -0.251. The van der Waals surface area contributed by atoms with Crippen LogP contribution in [0.25, 0.3) is 0 Å². The Morgan fingerprint density at radius 3 is 2.75 bits per heavy atom. The van der Waals surface area contributed by atoms with Gasteiger partial charge in [0, 0.05) is 33.2 Å². The molecule has 0 aliphatic heterocycles. The topological polar surface area (TPSA) is 50.4 Å². The first kappa shape index (κ1) is 11.4. The van der Waals surface area contributed by atoms with Crippen molar-refractivity contribution in [3.05, 3.63) is 0 Å². The largest absolute Gasteiger partial charge is 0.380 e. The van der Waals surface area contributed by atoms with Crippen LogP contribution in [0.2, 0.25) is 0 Å². The Kier molecular flexibility index (Phi) is 8.05. The highest BCUT2D eigenvalue weighted by atomic mass is 16.5. The number of ether oxygens (including phenoxy) is 1. The van der Waals surface area contributed by atoms with Gasteiger partial charge in [-0.3, -0.25) is 4.79 Å². The minimum absolute atomic E-state index is 0.0684. The number of hydrogen-bond acceptors (Lipinski definition) is 3. The molecule has 0 unspecified atom stereocenters. The molecule has 4 heteroatoms. The summed E-state index contributed by atoms with van der Waals surface area (Å²) in [5.41, 5.74) is 0. The van der Waals surface area contributed by atoms with Crippen molar-refractivity contribution < 1.29 is 9.53 Å². The van der Waals surface area contributed by atoms with Gasteiger partial charge in [0.25, 0.3) is 0 Å². The zero-order chi connectivity index (χ0) is 9.23. The first-order valence-electron chi connectivity index (χ1n) is 4.30. The fourth-order valence-corrected chi connectivity index (χ4v) is 0.741. The normalized spacial score (nSPS) is 9.83. The molecule has 0 aliphatic carbocycles. The molecule has 0 fully saturated rings. The van der Waals surface area contributed by atoms with Crippen LogP contribution in [0.3, 0.4) is 0 Å². The second-order valence-electron chi connectivity index (χ2n) is 2.37. The van der Waals surface area contributed by atoms with Crippen LogP contribution in [0.1, 0.15) is 13.3 Å². The van der Waals surface area contributed by atoms with Gasteiger partial charge in [-0.25, -0.2) is 0 Å². The number of amides is 1. The third-order valence-corrected chi connectivity index (χ3v) is 1.43. The maximum absolute atomic E-state index is 10.7. The third-order valence-electron chi connectivity index (χ3n) is 1.43. The lowest BCUT2D eigenvalue weighted by Gasteiger charge is -2.03. The zero-order valence-electron chi connectivity index (χ0n) is 7.85. The van der Waals surface area contributed by atoms with Crippen LogP contribution < -0.4 is 10.6 Å². The molecule has 4 nitrogen and oxygen atoms in total. The Labute approximate surface area is 73.7 Å². The van der Waals surface area contributed by atoms with Gasteiger partial charge in [-0.15, -0.1) is 0 Å². The van der Waals surface area contributed by atoms with Gasteiger partial charge in [-0.2, -0.15) is 0 Å². The van der Waals surface area contributed by atoms with Gasteiger partial charge < -0.3 is 15.4 Å². The summed E-state index contributed by atoms with van der Waals surface area (Å²) in [4.78, 5) is 10.7. The molecule has 0 radical (unpaired) electrons. The highest BCUT2D eigenvalue weighted by molar-refractivity contribution is 5.75. The maximum atomic E-state index is 10.7. The van der Waals surface area contributed by atoms with E-state index >= 15 is 0 Å². The molecule has 0 aromatic rings. The highest BCUT2D eigenvalue weighted by Gasteiger charge is 1.95. The molecule has 0 rings (SSSR count). The molecule has 0 saturated carbocycles. The van der Waals surface area contributed by atoms with Crippen molar-refractivity contribution in [1.29, 1.82) is 0 Å². The zero-order valence-corrected chi connectivity index (χ0v) is 7.85. The minimum atomic E-state index is 0.0684. The molecule has 0 saturated heterocycles. The summed E-state index contributed by atoms with van der Waals surface area (Å²) in [6.45, 7) is 4.95. The molecule has 0 spiro atoms. The summed E-state index contributed by atoms with van der Waals surface area (Å²) in [6.07, 6.45) is 0.530. The average Bonchev–Trinajstić information content (AvgIpc) is 2.10. The van der Waals surface area contributed by atoms with E-state index < -0.39 is 0 Å². The summed E-state index contributed by atoms with van der Waals surface area (Å²) in [5.74, 6) is 0.0684. The number of carbonyl (C=O) groups excluding carboxylic acids is 1. The van der Waals surface area contributed by atoms with Gasteiger partial charge in [0.2, 0.25) is 5.91 Å². The summed E-state index contributed by atoms with van der Waals surface area (Å²) in [7, 11) is 1.64. The van der Waals surface area contributed by atoms with Gasteiger partial charge in [-0.05, 0) is 6.92 Å². The van der Waals surface area contributed by atoms with Crippen molar-refractivity contribution in [3.8, 4) is 0 Å². The molecular weight excluding hydrogens is 156 g/mol. The van der Waals surface area contributed by atoms with E-state index in [1.54, 1.807) is 7.05 Å². The van der Waals surface area contributed by atoms with E-state index in [-0.39, 0.29) is 5.91 Å². The molecule has 1 amide bonds. The standard InChI is InChI=1S/C8H18N2O2/c1-3-12-7-6-10-5-4-8(11)9-2/h10H,3-7H2,1-2H3,(H,9,11). The van der Waals surface area contributed by atoms with Crippen LogP contribution in [0, 0.1) is 0 Å². The molecule has 0 aromatic heterocycles. The van der Waals surface area contributed by atoms with Crippen LogP contribution in [-0.4, -0.2) is 39.3 Å². The second kappa shape index (κ2) is 8.49. The SMILES string of the molecule is CCOCCNCCC(=O)NC. The van der Waals surface area contributed by atoms with E-state index in [9.17, 15) is 4.79 Å². The van der Waals surface area contributed by atoms with Crippen molar-refractivity contribution in [2.75, 3.05) is 33.4 Å². The summed E-state index contributed by atoms with van der Waals surface area (Å²) in [5, 5.41) is 5.66. The molecule has 0 heterocycles. The Bertz CT molecular complexity index is 118. The first-order chi connectivity index (χ1) is 5.81. The first-order valence-corrected chi connectivity index (χ1v) is 4.30. The molecule has 72 valence electrons. The maximum Gasteiger partial charge on any atom is 0.221 e. The highest BCUT2D eigenvalue weighted by Crippen LogP contribution is 1.75. The summed E-state index contributed by atoms with van der Waals surface area (Å²) < 4.78 is 5.10. The van der Waals surface area contributed by atoms with Gasteiger partial charge in [0.05, 0.1) is 6.61 Å². The molecule has 0 aromatic carbocycles. The lowest BCUT2D eigenvalue weighted by Crippen LogP contribution is -2.26. The van der Waals surface area contributed by atoms with Crippen LogP contribution in [0.5, 0.6) is 0 Å². The molecular formula is C8H18N2O2. The predicted molar refractivity (Wildman–Crippen MR) is 48.0 cm³/mol. The molecule has 0 atom stereocenters. The smallest absolute Gasteiger partial charge is 0.221 e. The molecule has 12 heavy (non-hydrogen) atoms. The van der Waals surface area contributed by atoms with Gasteiger partial charge in [0.1, 0.15) is 0 Å². The molecule has 0 bridgehead atoms. The Morgan fingerprint density at radius 2 is 2.17 bits per heavy atom. The number of hydrogen-bond donors (Lipinski definition) is 2. The van der Waals surface area contributed by atoms with Gasteiger partial charge >= 0.3 is 0 Å². The number of rotatable bonds is 7. The Hall–Kier alpha value is -0.610. The third kappa shape index (κ3) is 7.50. The van der Waals surface area contributed by atoms with E-state index in [1.807, 2.05) is 6.92 Å². The number of nitrogens with one attached hydrogen (secondary N) is 2. The fourth-order valence-electron chi connectivity index (χ4n) is 0.741. The van der Waals surface area contributed by atoms with Gasteiger partial charge in [-0.1, -0.05) is 0 Å². The van der Waals surface area contributed by atoms with Crippen molar-refractivity contribution in [3.63, 3.8) is 0 Å². The Balaban J connectivity index is 2.95. The van der Waals surface area contributed by atoms with Crippen LogP contribution in [0.15, 0.2) is 0 Å². The monoisotopic (exact) mass is 174 g/mol. The van der Waals surface area contributed by atoms with E-state index in [2.05, 4.69) is 10.6 Å². The lowest BCUT2D eigenvalue weighted by molar-refractivity contribution is -0.120. The number of carbonyl (C=O) groups is 1. The van der Waals surface area contributed by atoms with E-state index in [0.29, 0.717) is 19.6 Å². The summed E-state index contributed by atoms with van der Waals surface area (Å²) in [6, 6.07) is 0. The summed E-state index contributed by atoms with van der Waals surface area (Å²) >= 11 is 0. The van der Waals surface area contributed by atoms with Crippen LogP contribution in [0.4, 0.5) is 0 Å². The van der Waals surface area contributed by atoms with Gasteiger partial charge in [0.15, 0.2) is 0 Å². The van der Waals surface area contributed by atoms with Crippen LogP contribution >= 0.6 is 0 Å². The van der Waals surface area contributed by atoms with Crippen molar-refractivity contribution in [2.45, 2.75) is 13.3 Å². The average molecular weight is 174 g/mol. The molecule has 2 N–H and O–H groups in total. The van der Waals surface area contributed by atoms with E-state index in [0.717, 1.165) is 13.2 Å². The fraction of sp³-hybridized carbons (Fsp3) is 0.875. The lowest BCUT2D eigenvalue weighted by atomic mass is 10.4.